The highest BCUT2D eigenvalue weighted by Crippen LogP contribution is 2.29. The number of carbonyl (C=O) groups is 2. The monoisotopic (exact) mass is 507 g/mol. The molecular formula is C30H29N5O3. The number of hydrogen-bond donors (Lipinski definition) is 4. The van der Waals surface area contributed by atoms with Gasteiger partial charge in [0.1, 0.15) is 0 Å². The number of nitrogens with zero attached hydrogens (tertiary/aromatic N) is 2. The van der Waals surface area contributed by atoms with E-state index in [0.717, 1.165) is 33.2 Å². The molecule has 0 spiro atoms. The van der Waals surface area contributed by atoms with Crippen LogP contribution in [-0.2, 0) is 13.0 Å². The van der Waals surface area contributed by atoms with Gasteiger partial charge in [-0.15, -0.1) is 0 Å². The number of aromatic nitrogens is 3. The summed E-state index contributed by atoms with van der Waals surface area (Å²) in [5.74, 6) is -0.470. The van der Waals surface area contributed by atoms with Crippen molar-refractivity contribution in [2.75, 3.05) is 13.2 Å². The lowest BCUT2D eigenvalue weighted by atomic mass is 9.96. The normalized spacial score (nSPS) is 12.0. The van der Waals surface area contributed by atoms with Gasteiger partial charge in [-0.2, -0.15) is 5.10 Å². The van der Waals surface area contributed by atoms with E-state index in [1.807, 2.05) is 66.9 Å². The Balaban J connectivity index is 1.36. The van der Waals surface area contributed by atoms with Crippen molar-refractivity contribution in [3.05, 3.63) is 114 Å². The molecule has 8 heteroatoms. The van der Waals surface area contributed by atoms with Crippen molar-refractivity contribution in [2.24, 2.45) is 5.73 Å². The molecule has 0 aliphatic rings. The summed E-state index contributed by atoms with van der Waals surface area (Å²) >= 11 is 0. The zero-order valence-electron chi connectivity index (χ0n) is 20.8. The SMILES string of the molecule is NC(=O)c1ccc(CCNC(C(=O)c2c[nH]c3cc(-c4cnn(CCO)c4)ccc23)c2ccccc2)cc1. The van der Waals surface area contributed by atoms with E-state index in [1.54, 1.807) is 29.2 Å². The van der Waals surface area contributed by atoms with Crippen LogP contribution in [0.3, 0.4) is 0 Å². The molecule has 0 bridgehead atoms. The molecule has 0 aliphatic heterocycles. The number of aromatic amines is 1. The minimum atomic E-state index is -0.517. The molecule has 38 heavy (non-hydrogen) atoms. The molecule has 1 amide bonds. The topological polar surface area (TPSA) is 126 Å². The standard InChI is InChI=1S/C30H29N5O3/c31-30(38)22-8-6-20(7-9-22)12-13-32-28(21-4-2-1-3-5-21)29(37)26-18-33-27-16-23(10-11-25(26)27)24-17-34-35(19-24)14-15-36/h1-11,16-19,28,32-33,36H,12-15H2,(H2,31,38). The molecule has 2 aromatic heterocycles. The molecule has 5 rings (SSSR count). The van der Waals surface area contributed by atoms with Crippen LogP contribution in [0.4, 0.5) is 0 Å². The number of primary amides is 1. The number of hydrogen-bond acceptors (Lipinski definition) is 5. The molecule has 1 atom stereocenters. The van der Waals surface area contributed by atoms with E-state index in [2.05, 4.69) is 15.4 Å². The number of rotatable bonds is 11. The van der Waals surface area contributed by atoms with E-state index in [9.17, 15) is 9.59 Å². The lowest BCUT2D eigenvalue weighted by molar-refractivity contribution is 0.0943. The van der Waals surface area contributed by atoms with Gasteiger partial charge in [0.05, 0.1) is 25.4 Å². The molecule has 3 aromatic carbocycles. The Hall–Kier alpha value is -4.53. The molecule has 0 saturated heterocycles. The maximum atomic E-state index is 13.8. The second-order valence-corrected chi connectivity index (χ2v) is 9.15. The van der Waals surface area contributed by atoms with Gasteiger partial charge in [-0.25, -0.2) is 0 Å². The van der Waals surface area contributed by atoms with Crippen molar-refractivity contribution in [2.45, 2.75) is 19.0 Å². The lowest BCUT2D eigenvalue weighted by Gasteiger charge is -2.18. The number of nitrogens with two attached hydrogens (primary N) is 1. The Labute approximate surface area is 220 Å². The summed E-state index contributed by atoms with van der Waals surface area (Å²) in [6.07, 6.45) is 6.12. The van der Waals surface area contributed by atoms with Crippen LogP contribution >= 0.6 is 0 Å². The minimum absolute atomic E-state index is 0.0185. The van der Waals surface area contributed by atoms with E-state index < -0.39 is 11.9 Å². The quantitative estimate of drug-likeness (QED) is 0.202. The Morgan fingerprint density at radius 2 is 1.82 bits per heavy atom. The Bertz CT molecular complexity index is 1550. The smallest absolute Gasteiger partial charge is 0.248 e. The summed E-state index contributed by atoms with van der Waals surface area (Å²) < 4.78 is 1.70. The van der Waals surface area contributed by atoms with E-state index in [1.165, 1.54) is 0 Å². The maximum absolute atomic E-state index is 13.8. The highest BCUT2D eigenvalue weighted by molar-refractivity contribution is 6.11. The molecular weight excluding hydrogens is 478 g/mol. The summed E-state index contributed by atoms with van der Waals surface area (Å²) in [6.45, 7) is 1.04. The van der Waals surface area contributed by atoms with Gasteiger partial charge >= 0.3 is 0 Å². The number of amides is 1. The van der Waals surface area contributed by atoms with Crippen LogP contribution in [0, 0.1) is 0 Å². The van der Waals surface area contributed by atoms with Gasteiger partial charge in [0.15, 0.2) is 5.78 Å². The third kappa shape index (κ3) is 5.41. The van der Waals surface area contributed by atoms with Gasteiger partial charge in [-0.3, -0.25) is 14.3 Å². The van der Waals surface area contributed by atoms with Gasteiger partial charge in [0, 0.05) is 46.5 Å². The summed E-state index contributed by atoms with van der Waals surface area (Å²) in [4.78, 5) is 28.4. The van der Waals surface area contributed by atoms with Gasteiger partial charge in [0.2, 0.25) is 5.91 Å². The van der Waals surface area contributed by atoms with Crippen LogP contribution in [0.25, 0.3) is 22.0 Å². The third-order valence-electron chi connectivity index (χ3n) is 6.64. The average molecular weight is 508 g/mol. The fraction of sp³-hybridized carbons (Fsp3) is 0.167. The molecule has 8 nitrogen and oxygen atoms in total. The average Bonchev–Trinajstić information content (AvgIpc) is 3.59. The van der Waals surface area contributed by atoms with Gasteiger partial charge in [-0.1, -0.05) is 54.6 Å². The van der Waals surface area contributed by atoms with Crippen molar-refractivity contribution in [3.8, 4) is 11.1 Å². The Morgan fingerprint density at radius 3 is 2.55 bits per heavy atom. The van der Waals surface area contributed by atoms with Crippen LogP contribution in [0.5, 0.6) is 0 Å². The van der Waals surface area contributed by atoms with E-state index in [4.69, 9.17) is 10.8 Å². The summed E-state index contributed by atoms with van der Waals surface area (Å²) in [5.41, 5.74) is 11.1. The molecule has 2 heterocycles. The van der Waals surface area contributed by atoms with E-state index >= 15 is 0 Å². The number of nitrogens with one attached hydrogen (secondary N) is 2. The maximum Gasteiger partial charge on any atom is 0.248 e. The molecule has 5 aromatic rings. The number of aliphatic hydroxyl groups is 1. The first-order valence-electron chi connectivity index (χ1n) is 12.5. The number of ketones is 1. The van der Waals surface area contributed by atoms with Crippen molar-refractivity contribution >= 4 is 22.6 Å². The first kappa shape index (κ1) is 25.1. The third-order valence-corrected chi connectivity index (χ3v) is 6.64. The zero-order chi connectivity index (χ0) is 26.5. The zero-order valence-corrected chi connectivity index (χ0v) is 20.8. The van der Waals surface area contributed by atoms with Crippen LogP contribution in [-0.4, -0.2) is 44.7 Å². The predicted molar refractivity (Wildman–Crippen MR) is 147 cm³/mol. The molecule has 0 radical (unpaired) electrons. The summed E-state index contributed by atoms with van der Waals surface area (Å²) in [5, 5.41) is 17.7. The van der Waals surface area contributed by atoms with Gasteiger partial charge < -0.3 is 21.1 Å². The molecule has 192 valence electrons. The first-order valence-corrected chi connectivity index (χ1v) is 12.5. The van der Waals surface area contributed by atoms with Gasteiger partial charge in [0.25, 0.3) is 0 Å². The number of carbonyl (C=O) groups excluding carboxylic acids is 2. The van der Waals surface area contributed by atoms with E-state index in [0.29, 0.717) is 30.6 Å². The lowest BCUT2D eigenvalue weighted by Crippen LogP contribution is -2.30. The van der Waals surface area contributed by atoms with Crippen molar-refractivity contribution in [1.29, 1.82) is 0 Å². The largest absolute Gasteiger partial charge is 0.394 e. The highest BCUT2D eigenvalue weighted by atomic mass is 16.3. The number of H-pyrrole nitrogens is 1. The minimum Gasteiger partial charge on any atom is -0.394 e. The predicted octanol–water partition coefficient (Wildman–Crippen LogP) is 3.88. The number of aliphatic hydroxyl groups excluding tert-OH is 1. The highest BCUT2D eigenvalue weighted by Gasteiger charge is 2.24. The summed E-state index contributed by atoms with van der Waals surface area (Å²) in [6, 6.07) is 22.3. The van der Waals surface area contributed by atoms with Crippen LogP contribution < -0.4 is 11.1 Å². The number of fused-ring (bicyclic) bond motifs is 1. The molecule has 0 saturated carbocycles. The van der Waals surface area contributed by atoms with Crippen LogP contribution in [0.15, 0.2) is 91.4 Å². The molecule has 1 unspecified atom stereocenters. The van der Waals surface area contributed by atoms with Gasteiger partial charge in [-0.05, 0) is 41.3 Å². The second kappa shape index (κ2) is 11.2. The molecule has 0 fully saturated rings. The summed E-state index contributed by atoms with van der Waals surface area (Å²) in [7, 11) is 0. The van der Waals surface area contributed by atoms with Crippen molar-refractivity contribution < 1.29 is 14.7 Å². The van der Waals surface area contributed by atoms with E-state index in [-0.39, 0.29) is 12.4 Å². The first-order chi connectivity index (χ1) is 18.5. The molecule has 5 N–H and O–H groups in total. The molecule has 0 aliphatic carbocycles. The fourth-order valence-corrected chi connectivity index (χ4v) is 4.61. The van der Waals surface area contributed by atoms with Crippen LogP contribution in [0.2, 0.25) is 0 Å². The fourth-order valence-electron chi connectivity index (χ4n) is 4.61. The van der Waals surface area contributed by atoms with Crippen molar-refractivity contribution in [3.63, 3.8) is 0 Å². The second-order valence-electron chi connectivity index (χ2n) is 9.15. The number of Topliss-reactive ketones (excluding diaryl/α,β-unsaturated/α-hetero) is 1. The van der Waals surface area contributed by atoms with Crippen molar-refractivity contribution in [1.82, 2.24) is 20.1 Å². The van der Waals surface area contributed by atoms with Crippen LogP contribution in [0.1, 0.15) is 37.9 Å². The Kier molecular flexibility index (Phi) is 7.44. The number of benzene rings is 3. The Morgan fingerprint density at radius 1 is 1.03 bits per heavy atom.